The van der Waals surface area contributed by atoms with Crippen molar-refractivity contribution in [2.75, 3.05) is 11.4 Å². The molecule has 0 atom stereocenters. The molecular weight excluding hydrogens is 377 g/mol. The number of halogens is 3. The van der Waals surface area contributed by atoms with Crippen molar-refractivity contribution in [3.8, 4) is 5.69 Å². The van der Waals surface area contributed by atoms with Gasteiger partial charge in [-0.2, -0.15) is 13.2 Å². The minimum atomic E-state index is -4.49. The monoisotopic (exact) mass is 400 g/mol. The lowest BCUT2D eigenvalue weighted by Gasteiger charge is -2.23. The fourth-order valence-electron chi connectivity index (χ4n) is 3.69. The van der Waals surface area contributed by atoms with Gasteiger partial charge in [0, 0.05) is 23.6 Å². The number of amides is 1. The third-order valence-electron chi connectivity index (χ3n) is 5.08. The highest BCUT2D eigenvalue weighted by Gasteiger charge is 2.34. The van der Waals surface area contributed by atoms with Crippen LogP contribution < -0.4 is 4.90 Å². The van der Waals surface area contributed by atoms with Crippen molar-refractivity contribution in [1.29, 1.82) is 0 Å². The van der Waals surface area contributed by atoms with Crippen molar-refractivity contribution >= 4 is 11.6 Å². The SMILES string of the molecule is CCN(C(=O)c1cc(C)n(-c2ccccc2C(F)(F)F)c1C)c1ccccc1C. The number of hydrogen-bond acceptors (Lipinski definition) is 1. The van der Waals surface area contributed by atoms with E-state index in [2.05, 4.69) is 0 Å². The molecule has 0 aliphatic heterocycles. The molecule has 0 spiro atoms. The fourth-order valence-corrected chi connectivity index (χ4v) is 3.69. The molecule has 0 saturated heterocycles. The van der Waals surface area contributed by atoms with E-state index in [-0.39, 0.29) is 11.6 Å². The second kappa shape index (κ2) is 7.78. The van der Waals surface area contributed by atoms with Crippen molar-refractivity contribution in [1.82, 2.24) is 4.57 Å². The van der Waals surface area contributed by atoms with Crippen molar-refractivity contribution in [2.45, 2.75) is 33.9 Å². The average Bonchev–Trinajstić information content (AvgIpc) is 2.97. The third-order valence-corrected chi connectivity index (χ3v) is 5.08. The summed E-state index contributed by atoms with van der Waals surface area (Å²) in [6, 6.07) is 14.6. The number of hydrogen-bond donors (Lipinski definition) is 0. The minimum Gasteiger partial charge on any atom is -0.317 e. The first-order chi connectivity index (χ1) is 13.7. The summed E-state index contributed by atoms with van der Waals surface area (Å²) >= 11 is 0. The number of benzene rings is 2. The van der Waals surface area contributed by atoms with Gasteiger partial charge >= 0.3 is 6.18 Å². The van der Waals surface area contributed by atoms with E-state index < -0.39 is 11.7 Å². The normalized spacial score (nSPS) is 11.6. The van der Waals surface area contributed by atoms with Gasteiger partial charge in [0.05, 0.1) is 16.8 Å². The van der Waals surface area contributed by atoms with Crippen LogP contribution in [0.3, 0.4) is 0 Å². The molecule has 0 fully saturated rings. The van der Waals surface area contributed by atoms with Crippen LogP contribution in [-0.4, -0.2) is 17.0 Å². The minimum absolute atomic E-state index is 0.0213. The summed E-state index contributed by atoms with van der Waals surface area (Å²) in [5.74, 6) is -0.231. The van der Waals surface area contributed by atoms with Gasteiger partial charge < -0.3 is 9.47 Å². The first-order valence-electron chi connectivity index (χ1n) is 9.39. The molecule has 3 nitrogen and oxygen atoms in total. The van der Waals surface area contributed by atoms with Gasteiger partial charge in [0.25, 0.3) is 5.91 Å². The standard InChI is InChI=1S/C23H23F3N2O/c1-5-27(20-12-8-6-10-15(20)2)22(29)18-14-16(3)28(17(18)4)21-13-9-7-11-19(21)23(24,25)26/h6-14H,5H2,1-4H3. The van der Waals surface area contributed by atoms with Crippen LogP contribution in [0.5, 0.6) is 0 Å². The van der Waals surface area contributed by atoms with Crippen LogP contribution in [0.2, 0.25) is 0 Å². The summed E-state index contributed by atoms with van der Waals surface area (Å²) < 4.78 is 42.1. The van der Waals surface area contributed by atoms with Gasteiger partial charge in [0.1, 0.15) is 0 Å². The molecule has 0 aliphatic rings. The van der Waals surface area contributed by atoms with Crippen molar-refractivity contribution < 1.29 is 18.0 Å². The van der Waals surface area contributed by atoms with Gasteiger partial charge in [-0.05, 0) is 57.5 Å². The maximum Gasteiger partial charge on any atom is 0.418 e. The number of carbonyl (C=O) groups is 1. The summed E-state index contributed by atoms with van der Waals surface area (Å²) in [5.41, 5.74) is 2.49. The zero-order valence-electron chi connectivity index (χ0n) is 16.8. The number of carbonyl (C=O) groups excluding carboxylic acids is 1. The topological polar surface area (TPSA) is 25.2 Å². The van der Waals surface area contributed by atoms with E-state index in [9.17, 15) is 18.0 Å². The zero-order valence-corrected chi connectivity index (χ0v) is 16.8. The second-order valence-corrected chi connectivity index (χ2v) is 6.97. The van der Waals surface area contributed by atoms with Gasteiger partial charge in [-0.25, -0.2) is 0 Å². The largest absolute Gasteiger partial charge is 0.418 e. The number of para-hydroxylation sites is 2. The molecule has 0 N–H and O–H groups in total. The van der Waals surface area contributed by atoms with Crippen LogP contribution in [0, 0.1) is 20.8 Å². The van der Waals surface area contributed by atoms with Crippen LogP contribution in [0.25, 0.3) is 5.69 Å². The zero-order chi connectivity index (χ0) is 21.3. The highest BCUT2D eigenvalue weighted by Crippen LogP contribution is 2.35. The molecule has 6 heteroatoms. The molecule has 152 valence electrons. The van der Waals surface area contributed by atoms with Crippen molar-refractivity contribution in [3.63, 3.8) is 0 Å². The Hall–Kier alpha value is -3.02. The molecule has 0 unspecified atom stereocenters. The van der Waals surface area contributed by atoms with Crippen molar-refractivity contribution in [2.24, 2.45) is 0 Å². The van der Waals surface area contributed by atoms with Gasteiger partial charge in [-0.1, -0.05) is 30.3 Å². The number of anilines is 1. The van der Waals surface area contributed by atoms with E-state index in [0.29, 0.717) is 23.5 Å². The van der Waals surface area contributed by atoms with E-state index in [4.69, 9.17) is 0 Å². The van der Waals surface area contributed by atoms with Crippen molar-refractivity contribution in [3.05, 3.63) is 82.7 Å². The Balaban J connectivity index is 2.12. The molecule has 2 aromatic carbocycles. The van der Waals surface area contributed by atoms with Crippen LogP contribution in [0.1, 0.15) is 39.8 Å². The second-order valence-electron chi connectivity index (χ2n) is 6.97. The molecule has 1 heterocycles. The van der Waals surface area contributed by atoms with Gasteiger partial charge in [-0.15, -0.1) is 0 Å². The molecule has 1 amide bonds. The molecule has 3 rings (SSSR count). The first kappa shape index (κ1) is 20.7. The maximum atomic E-state index is 13.5. The summed E-state index contributed by atoms with van der Waals surface area (Å²) in [4.78, 5) is 15.0. The lowest BCUT2D eigenvalue weighted by atomic mass is 10.1. The van der Waals surface area contributed by atoms with E-state index in [0.717, 1.165) is 17.3 Å². The predicted octanol–water partition coefficient (Wildman–Crippen LogP) is 6.09. The Morgan fingerprint density at radius 1 is 1.00 bits per heavy atom. The number of aryl methyl sites for hydroxylation is 2. The number of aromatic nitrogens is 1. The highest BCUT2D eigenvalue weighted by molar-refractivity contribution is 6.07. The fraction of sp³-hybridized carbons (Fsp3) is 0.261. The molecule has 0 bridgehead atoms. The van der Waals surface area contributed by atoms with Crippen LogP contribution in [0.15, 0.2) is 54.6 Å². The Bertz CT molecular complexity index is 1050. The Morgan fingerprint density at radius 2 is 1.62 bits per heavy atom. The summed E-state index contributed by atoms with van der Waals surface area (Å²) in [5, 5.41) is 0. The number of nitrogens with zero attached hydrogens (tertiary/aromatic N) is 2. The highest BCUT2D eigenvalue weighted by atomic mass is 19.4. The van der Waals surface area contributed by atoms with E-state index in [1.54, 1.807) is 30.9 Å². The quantitative estimate of drug-likeness (QED) is 0.520. The Morgan fingerprint density at radius 3 is 2.24 bits per heavy atom. The molecule has 1 aromatic heterocycles. The van der Waals surface area contributed by atoms with Gasteiger partial charge in [-0.3, -0.25) is 4.79 Å². The molecule has 0 aliphatic carbocycles. The van der Waals surface area contributed by atoms with Gasteiger partial charge in [0.2, 0.25) is 0 Å². The van der Waals surface area contributed by atoms with Crippen LogP contribution in [-0.2, 0) is 6.18 Å². The maximum absolute atomic E-state index is 13.5. The molecule has 0 saturated carbocycles. The van der Waals surface area contributed by atoms with Crippen LogP contribution >= 0.6 is 0 Å². The molecular formula is C23H23F3N2O. The van der Waals surface area contributed by atoms with Crippen LogP contribution in [0.4, 0.5) is 18.9 Å². The first-order valence-corrected chi connectivity index (χ1v) is 9.39. The molecule has 0 radical (unpaired) electrons. The number of rotatable bonds is 4. The third kappa shape index (κ3) is 3.79. The smallest absolute Gasteiger partial charge is 0.317 e. The lowest BCUT2D eigenvalue weighted by Crippen LogP contribution is -2.31. The summed E-state index contributed by atoms with van der Waals surface area (Å²) in [6.45, 7) is 7.64. The molecule has 29 heavy (non-hydrogen) atoms. The van der Waals surface area contributed by atoms with E-state index in [1.807, 2.05) is 38.1 Å². The average molecular weight is 400 g/mol. The lowest BCUT2D eigenvalue weighted by molar-refractivity contribution is -0.137. The summed E-state index contributed by atoms with van der Waals surface area (Å²) in [6.07, 6.45) is -4.49. The summed E-state index contributed by atoms with van der Waals surface area (Å²) in [7, 11) is 0. The number of alkyl halides is 3. The van der Waals surface area contributed by atoms with E-state index in [1.165, 1.54) is 16.7 Å². The Labute approximate surface area is 168 Å². The van der Waals surface area contributed by atoms with E-state index >= 15 is 0 Å². The Kier molecular flexibility index (Phi) is 5.55. The van der Waals surface area contributed by atoms with Gasteiger partial charge in [0.15, 0.2) is 0 Å². The molecule has 3 aromatic rings. The predicted molar refractivity (Wildman–Crippen MR) is 109 cm³/mol.